The molecule has 8 heteroatoms. The molecule has 0 N–H and O–H groups in total. The number of para-hydroxylation sites is 1. The van der Waals surface area contributed by atoms with E-state index in [2.05, 4.69) is 0 Å². The van der Waals surface area contributed by atoms with E-state index >= 15 is 0 Å². The molecule has 1 aliphatic rings. The van der Waals surface area contributed by atoms with E-state index in [1.165, 1.54) is 34.6 Å². The van der Waals surface area contributed by atoms with Gasteiger partial charge in [-0.3, -0.25) is 4.31 Å². The average molecular weight is 474 g/mol. The first-order valence-corrected chi connectivity index (χ1v) is 12.9. The fourth-order valence-electron chi connectivity index (χ4n) is 3.73. The van der Waals surface area contributed by atoms with Crippen molar-refractivity contribution in [2.45, 2.75) is 29.7 Å². The predicted octanol–water partition coefficient (Wildman–Crippen LogP) is 5.12. The number of fused-ring (bicyclic) bond motifs is 2. The maximum atomic E-state index is 13.6. The van der Waals surface area contributed by atoms with Crippen molar-refractivity contribution in [3.05, 3.63) is 94.4 Å². The van der Waals surface area contributed by atoms with E-state index in [-0.39, 0.29) is 27.0 Å². The van der Waals surface area contributed by atoms with Crippen LogP contribution in [0.1, 0.15) is 25.0 Å². The summed E-state index contributed by atoms with van der Waals surface area (Å²) in [4.78, 5) is 0.132. The van der Waals surface area contributed by atoms with Gasteiger partial charge in [0.15, 0.2) is 9.84 Å². The molecular formula is C23H20ClNO4S2. The van der Waals surface area contributed by atoms with Crippen LogP contribution < -0.4 is 4.31 Å². The molecule has 0 saturated heterocycles. The number of rotatable bonds is 3. The second kappa shape index (κ2) is 7.82. The van der Waals surface area contributed by atoms with Crippen LogP contribution in [-0.4, -0.2) is 22.9 Å². The van der Waals surface area contributed by atoms with E-state index in [1.54, 1.807) is 56.3 Å². The Bertz CT molecular complexity index is 1400. The van der Waals surface area contributed by atoms with Crippen LogP contribution in [0.2, 0.25) is 5.02 Å². The summed E-state index contributed by atoms with van der Waals surface area (Å²) in [5.41, 5.74) is 1.45. The molecule has 4 rings (SSSR count). The minimum absolute atomic E-state index is 0.0105. The number of anilines is 1. The zero-order chi connectivity index (χ0) is 22.4. The van der Waals surface area contributed by atoms with E-state index in [0.29, 0.717) is 16.3 Å². The molecular weight excluding hydrogens is 454 g/mol. The quantitative estimate of drug-likeness (QED) is 0.529. The lowest BCUT2D eigenvalue weighted by atomic mass is 9.97. The number of hydrogen-bond acceptors (Lipinski definition) is 4. The third-order valence-electron chi connectivity index (χ3n) is 5.01. The molecule has 0 amide bonds. The van der Waals surface area contributed by atoms with Gasteiger partial charge in [0.1, 0.15) is 0 Å². The zero-order valence-corrected chi connectivity index (χ0v) is 19.2. The summed E-state index contributed by atoms with van der Waals surface area (Å²) in [5, 5.41) is 1.45. The standard InChI is InChI=1S/C23H20ClNO4S2/c1-16(2)25-22-11-7-6-10-19(22)21(15-30(26,27)18-8-4-3-5-9-18)20-14-17(24)12-13-23(20)31(25,28)29/h3-16H,1-2H3/b21-15+. The Labute approximate surface area is 187 Å². The Balaban J connectivity index is 2.14. The molecule has 0 unspecified atom stereocenters. The van der Waals surface area contributed by atoms with Crippen LogP contribution in [0.5, 0.6) is 0 Å². The van der Waals surface area contributed by atoms with Crippen LogP contribution in [0, 0.1) is 0 Å². The van der Waals surface area contributed by atoms with Gasteiger partial charge in [0, 0.05) is 33.2 Å². The van der Waals surface area contributed by atoms with Crippen LogP contribution >= 0.6 is 11.6 Å². The minimum Gasteiger partial charge on any atom is -0.263 e. The van der Waals surface area contributed by atoms with Crippen LogP contribution in [0.4, 0.5) is 5.69 Å². The van der Waals surface area contributed by atoms with Crippen LogP contribution in [0.15, 0.2) is 88.0 Å². The van der Waals surface area contributed by atoms with Crippen LogP contribution in [-0.2, 0) is 19.9 Å². The van der Waals surface area contributed by atoms with E-state index in [9.17, 15) is 16.8 Å². The fourth-order valence-corrected chi connectivity index (χ4v) is 7.01. The lowest BCUT2D eigenvalue weighted by molar-refractivity contribution is 0.584. The topological polar surface area (TPSA) is 71.5 Å². The van der Waals surface area contributed by atoms with Crippen molar-refractivity contribution < 1.29 is 16.8 Å². The Morgan fingerprint density at radius 3 is 2.23 bits per heavy atom. The molecule has 0 radical (unpaired) electrons. The maximum absolute atomic E-state index is 13.6. The van der Waals surface area contributed by atoms with Crippen molar-refractivity contribution in [2.75, 3.05) is 4.31 Å². The van der Waals surface area contributed by atoms with E-state index in [0.717, 1.165) is 5.41 Å². The van der Waals surface area contributed by atoms with Crippen molar-refractivity contribution >= 4 is 42.7 Å². The first-order valence-electron chi connectivity index (χ1n) is 9.58. The maximum Gasteiger partial charge on any atom is 0.265 e. The number of benzene rings is 3. The first-order chi connectivity index (χ1) is 14.6. The highest BCUT2D eigenvalue weighted by Gasteiger charge is 2.36. The highest BCUT2D eigenvalue weighted by atomic mass is 35.5. The fraction of sp³-hybridized carbons (Fsp3) is 0.130. The van der Waals surface area contributed by atoms with Crippen molar-refractivity contribution in [1.29, 1.82) is 0 Å². The summed E-state index contributed by atoms with van der Waals surface area (Å²) in [6.45, 7) is 3.55. The van der Waals surface area contributed by atoms with Gasteiger partial charge in [-0.2, -0.15) is 0 Å². The second-order valence-corrected chi connectivity index (χ2v) is 11.5. The van der Waals surface area contributed by atoms with Crippen molar-refractivity contribution in [2.24, 2.45) is 0 Å². The van der Waals surface area contributed by atoms with E-state index < -0.39 is 19.9 Å². The number of nitrogens with zero attached hydrogens (tertiary/aromatic N) is 1. The van der Waals surface area contributed by atoms with Gasteiger partial charge in [-0.25, -0.2) is 16.8 Å². The van der Waals surface area contributed by atoms with Gasteiger partial charge in [-0.1, -0.05) is 48.0 Å². The largest absolute Gasteiger partial charge is 0.265 e. The molecule has 3 aromatic carbocycles. The molecule has 1 heterocycles. The first kappa shape index (κ1) is 21.6. The molecule has 0 bridgehead atoms. The summed E-state index contributed by atoms with van der Waals surface area (Å²) in [6.07, 6.45) is 0. The molecule has 0 fully saturated rings. The Hall–Kier alpha value is -2.61. The SMILES string of the molecule is CC(C)N1c2ccccc2/C(=C\S(=O)(=O)c2ccccc2)c2cc(Cl)ccc2S1(=O)=O. The molecule has 5 nitrogen and oxygen atoms in total. The zero-order valence-electron chi connectivity index (χ0n) is 16.9. The Morgan fingerprint density at radius 2 is 1.55 bits per heavy atom. The average Bonchev–Trinajstić information content (AvgIpc) is 2.79. The van der Waals surface area contributed by atoms with Gasteiger partial charge >= 0.3 is 0 Å². The molecule has 0 atom stereocenters. The van der Waals surface area contributed by atoms with Crippen molar-refractivity contribution in [1.82, 2.24) is 0 Å². The van der Waals surface area contributed by atoms with Crippen molar-refractivity contribution in [3.8, 4) is 0 Å². The van der Waals surface area contributed by atoms with Gasteiger partial charge in [-0.05, 0) is 50.2 Å². The van der Waals surface area contributed by atoms with Crippen LogP contribution in [0.25, 0.3) is 5.57 Å². The number of halogens is 1. The smallest absolute Gasteiger partial charge is 0.263 e. The molecule has 0 aromatic heterocycles. The van der Waals surface area contributed by atoms with Gasteiger partial charge in [0.25, 0.3) is 10.0 Å². The monoisotopic (exact) mass is 473 g/mol. The predicted molar refractivity (Wildman–Crippen MR) is 123 cm³/mol. The highest BCUT2D eigenvalue weighted by Crippen LogP contribution is 2.43. The summed E-state index contributed by atoms with van der Waals surface area (Å²) < 4.78 is 55.0. The van der Waals surface area contributed by atoms with Gasteiger partial charge in [0.2, 0.25) is 0 Å². The lowest BCUT2D eigenvalue weighted by Crippen LogP contribution is -2.37. The summed E-state index contributed by atoms with van der Waals surface area (Å²) in [6, 6.07) is 19.0. The lowest BCUT2D eigenvalue weighted by Gasteiger charge is -2.28. The van der Waals surface area contributed by atoms with Gasteiger partial charge < -0.3 is 0 Å². The Morgan fingerprint density at radius 1 is 0.903 bits per heavy atom. The van der Waals surface area contributed by atoms with Gasteiger partial charge in [-0.15, -0.1) is 0 Å². The number of sulfone groups is 1. The third kappa shape index (κ3) is 3.78. The summed E-state index contributed by atoms with van der Waals surface area (Å²) in [5.74, 6) is 0. The minimum atomic E-state index is -3.96. The highest BCUT2D eigenvalue weighted by molar-refractivity contribution is 7.94. The number of sulfonamides is 1. The Kier molecular flexibility index (Phi) is 5.45. The molecule has 160 valence electrons. The summed E-state index contributed by atoms with van der Waals surface area (Å²) >= 11 is 6.22. The molecule has 0 aliphatic carbocycles. The summed E-state index contributed by atoms with van der Waals surface area (Å²) in [7, 11) is -7.83. The number of hydrogen-bond donors (Lipinski definition) is 0. The normalized spacial score (nSPS) is 16.6. The van der Waals surface area contributed by atoms with Gasteiger partial charge in [0.05, 0.1) is 15.5 Å². The molecule has 0 saturated carbocycles. The molecule has 31 heavy (non-hydrogen) atoms. The van der Waals surface area contributed by atoms with E-state index in [1.807, 2.05) is 0 Å². The molecule has 3 aromatic rings. The second-order valence-electron chi connectivity index (χ2n) is 7.44. The van der Waals surface area contributed by atoms with E-state index in [4.69, 9.17) is 11.6 Å². The molecule has 0 spiro atoms. The van der Waals surface area contributed by atoms with Crippen molar-refractivity contribution in [3.63, 3.8) is 0 Å². The van der Waals surface area contributed by atoms with Crippen LogP contribution in [0.3, 0.4) is 0 Å². The molecule has 1 aliphatic heterocycles. The third-order valence-corrected chi connectivity index (χ3v) is 8.77.